The van der Waals surface area contributed by atoms with Crippen LogP contribution >= 0.6 is 0 Å². The van der Waals surface area contributed by atoms with Crippen LogP contribution in [0, 0.1) is 18.8 Å². The highest BCUT2D eigenvalue weighted by molar-refractivity contribution is 7.86. The lowest BCUT2D eigenvalue weighted by molar-refractivity contribution is 0.220. The Morgan fingerprint density at radius 2 is 1.77 bits per heavy atom. The Hall–Kier alpha value is -0.870. The van der Waals surface area contributed by atoms with Crippen molar-refractivity contribution in [1.82, 2.24) is 0 Å². The largest absolute Gasteiger partial charge is 0.296 e. The fourth-order valence-electron chi connectivity index (χ4n) is 2.55. The number of unbranched alkanes of at least 4 members (excludes halogenated alkanes) is 1. The van der Waals surface area contributed by atoms with Crippen LogP contribution in [-0.4, -0.2) is 15.0 Å². The molecule has 0 aromatic heterocycles. The zero-order valence-electron chi connectivity index (χ0n) is 14.3. The molecule has 2 unspecified atom stereocenters. The maximum atomic E-state index is 12.2. The third-order valence-electron chi connectivity index (χ3n) is 4.13. The highest BCUT2D eigenvalue weighted by Crippen LogP contribution is 2.22. The average molecular weight is 327 g/mol. The molecule has 0 saturated carbocycles. The monoisotopic (exact) mass is 326 g/mol. The van der Waals surface area contributed by atoms with Gasteiger partial charge in [-0.05, 0) is 37.3 Å². The molecule has 0 spiro atoms. The average Bonchev–Trinajstić information content (AvgIpc) is 2.49. The van der Waals surface area contributed by atoms with Crippen LogP contribution in [0.15, 0.2) is 29.2 Å². The molecule has 0 aliphatic heterocycles. The topological polar surface area (TPSA) is 43.4 Å². The van der Waals surface area contributed by atoms with Crippen LogP contribution in [-0.2, 0) is 14.3 Å². The van der Waals surface area contributed by atoms with Gasteiger partial charge in [0.05, 0.1) is 11.5 Å². The van der Waals surface area contributed by atoms with Crippen LogP contribution in [0.25, 0.3) is 0 Å². The third-order valence-corrected chi connectivity index (χ3v) is 5.43. The minimum Gasteiger partial charge on any atom is -0.266 e. The lowest BCUT2D eigenvalue weighted by Gasteiger charge is -2.19. The molecule has 0 radical (unpaired) electrons. The summed E-state index contributed by atoms with van der Waals surface area (Å²) in [4.78, 5) is 0.243. The third kappa shape index (κ3) is 6.49. The van der Waals surface area contributed by atoms with E-state index < -0.39 is 10.1 Å². The van der Waals surface area contributed by atoms with Gasteiger partial charge in [0.15, 0.2) is 0 Å². The van der Waals surface area contributed by atoms with Crippen molar-refractivity contribution in [3.8, 4) is 0 Å². The molecule has 0 heterocycles. The molecule has 0 bridgehead atoms. The van der Waals surface area contributed by atoms with Crippen molar-refractivity contribution >= 4 is 10.1 Å². The molecular formula is C18H30O3S. The predicted molar refractivity (Wildman–Crippen MR) is 91.4 cm³/mol. The quantitative estimate of drug-likeness (QED) is 0.572. The lowest BCUT2D eigenvalue weighted by atomic mass is 9.91. The molecule has 22 heavy (non-hydrogen) atoms. The smallest absolute Gasteiger partial charge is 0.266 e. The molecule has 1 aromatic carbocycles. The summed E-state index contributed by atoms with van der Waals surface area (Å²) in [6.45, 7) is 8.75. The summed E-state index contributed by atoms with van der Waals surface area (Å²) >= 11 is 0. The highest BCUT2D eigenvalue weighted by atomic mass is 32.2. The Morgan fingerprint density at radius 1 is 1.14 bits per heavy atom. The predicted octanol–water partition coefficient (Wildman–Crippen LogP) is 4.94. The molecule has 1 aromatic rings. The van der Waals surface area contributed by atoms with E-state index in [0.717, 1.165) is 18.4 Å². The van der Waals surface area contributed by atoms with Gasteiger partial charge in [0.1, 0.15) is 0 Å². The maximum absolute atomic E-state index is 12.2. The number of hydrogen-bond donors (Lipinski definition) is 0. The van der Waals surface area contributed by atoms with Gasteiger partial charge in [-0.25, -0.2) is 0 Å². The van der Waals surface area contributed by atoms with Crippen molar-refractivity contribution in [3.63, 3.8) is 0 Å². The normalized spacial score (nSPS) is 14.7. The summed E-state index contributed by atoms with van der Waals surface area (Å²) < 4.78 is 29.7. The zero-order valence-corrected chi connectivity index (χ0v) is 15.2. The van der Waals surface area contributed by atoms with Crippen LogP contribution in [0.1, 0.15) is 58.4 Å². The summed E-state index contributed by atoms with van der Waals surface area (Å²) in [5.74, 6) is 0.919. The van der Waals surface area contributed by atoms with E-state index in [1.807, 2.05) is 6.92 Å². The first kappa shape index (κ1) is 19.2. The van der Waals surface area contributed by atoms with Gasteiger partial charge in [-0.15, -0.1) is 0 Å². The summed E-state index contributed by atoms with van der Waals surface area (Å²) in [7, 11) is -3.63. The van der Waals surface area contributed by atoms with E-state index in [1.165, 1.54) is 19.3 Å². The molecule has 0 fully saturated rings. The summed E-state index contributed by atoms with van der Waals surface area (Å²) in [6, 6.07) is 6.80. The maximum Gasteiger partial charge on any atom is 0.296 e. The first-order valence-corrected chi connectivity index (χ1v) is 9.76. The van der Waals surface area contributed by atoms with E-state index >= 15 is 0 Å². The standard InChI is InChI=1S/C18H30O3S/c1-5-7-8-16(4)13-17(6-2)14-21-22(19,20)18-11-9-15(3)10-12-18/h9-12,16-17H,5-8,13-14H2,1-4H3. The minimum atomic E-state index is -3.63. The van der Waals surface area contributed by atoms with Crippen molar-refractivity contribution in [3.05, 3.63) is 29.8 Å². The molecule has 3 nitrogen and oxygen atoms in total. The van der Waals surface area contributed by atoms with Crippen LogP contribution in [0.4, 0.5) is 0 Å². The van der Waals surface area contributed by atoms with Gasteiger partial charge in [0.2, 0.25) is 0 Å². The Kier molecular flexibility index (Phi) is 8.12. The second kappa shape index (κ2) is 9.31. The van der Waals surface area contributed by atoms with Crippen molar-refractivity contribution in [2.75, 3.05) is 6.61 Å². The highest BCUT2D eigenvalue weighted by Gasteiger charge is 2.19. The van der Waals surface area contributed by atoms with Crippen LogP contribution < -0.4 is 0 Å². The molecule has 4 heteroatoms. The lowest BCUT2D eigenvalue weighted by Crippen LogP contribution is -2.16. The molecule has 0 aliphatic carbocycles. The van der Waals surface area contributed by atoms with E-state index in [9.17, 15) is 8.42 Å². The number of aryl methyl sites for hydroxylation is 1. The molecule has 1 rings (SSSR count). The number of rotatable bonds is 10. The van der Waals surface area contributed by atoms with E-state index in [0.29, 0.717) is 11.8 Å². The van der Waals surface area contributed by atoms with Crippen molar-refractivity contribution in [2.45, 2.75) is 64.7 Å². The first-order chi connectivity index (χ1) is 10.4. The fourth-order valence-corrected chi connectivity index (χ4v) is 3.53. The van der Waals surface area contributed by atoms with Gasteiger partial charge in [0.25, 0.3) is 10.1 Å². The number of benzene rings is 1. The SMILES string of the molecule is CCCCC(C)CC(CC)COS(=O)(=O)c1ccc(C)cc1. The Morgan fingerprint density at radius 3 is 2.32 bits per heavy atom. The summed E-state index contributed by atoms with van der Waals surface area (Å²) in [5, 5.41) is 0. The molecule has 0 saturated heterocycles. The van der Waals surface area contributed by atoms with Crippen molar-refractivity contribution in [2.24, 2.45) is 11.8 Å². The van der Waals surface area contributed by atoms with Gasteiger partial charge in [0, 0.05) is 0 Å². The van der Waals surface area contributed by atoms with Crippen LogP contribution in [0.5, 0.6) is 0 Å². The first-order valence-electron chi connectivity index (χ1n) is 8.35. The van der Waals surface area contributed by atoms with Crippen molar-refractivity contribution in [1.29, 1.82) is 0 Å². The molecule has 2 atom stereocenters. The molecule has 126 valence electrons. The van der Waals surface area contributed by atoms with E-state index in [-0.39, 0.29) is 11.5 Å². The molecule has 0 aliphatic rings. The molecular weight excluding hydrogens is 296 g/mol. The van der Waals surface area contributed by atoms with Gasteiger partial charge in [-0.3, -0.25) is 4.18 Å². The Bertz CT molecular complexity index is 520. The van der Waals surface area contributed by atoms with E-state index in [4.69, 9.17) is 4.18 Å². The molecule has 0 amide bonds. The second-order valence-electron chi connectivity index (χ2n) is 6.31. The van der Waals surface area contributed by atoms with Crippen molar-refractivity contribution < 1.29 is 12.6 Å². The van der Waals surface area contributed by atoms with Gasteiger partial charge < -0.3 is 0 Å². The minimum absolute atomic E-state index is 0.243. The Balaban J connectivity index is 2.56. The second-order valence-corrected chi connectivity index (χ2v) is 7.92. The van der Waals surface area contributed by atoms with Crippen LogP contribution in [0.3, 0.4) is 0 Å². The van der Waals surface area contributed by atoms with E-state index in [2.05, 4.69) is 20.8 Å². The fraction of sp³-hybridized carbons (Fsp3) is 0.667. The summed E-state index contributed by atoms with van der Waals surface area (Å²) in [5.41, 5.74) is 1.04. The zero-order chi connectivity index (χ0) is 16.6. The molecule has 0 N–H and O–H groups in total. The Labute approximate surface area is 136 Å². The van der Waals surface area contributed by atoms with Gasteiger partial charge >= 0.3 is 0 Å². The number of hydrogen-bond acceptors (Lipinski definition) is 3. The van der Waals surface area contributed by atoms with Crippen LogP contribution in [0.2, 0.25) is 0 Å². The van der Waals surface area contributed by atoms with Gasteiger partial charge in [-0.1, -0.05) is 64.2 Å². The summed E-state index contributed by atoms with van der Waals surface area (Å²) in [6.07, 6.45) is 5.62. The van der Waals surface area contributed by atoms with E-state index in [1.54, 1.807) is 24.3 Å². The van der Waals surface area contributed by atoms with Gasteiger partial charge in [-0.2, -0.15) is 8.42 Å².